The van der Waals surface area contributed by atoms with Crippen LogP contribution in [-0.4, -0.2) is 28.9 Å². The normalized spacial score (nSPS) is 18.2. The van der Waals surface area contributed by atoms with Gasteiger partial charge in [0.05, 0.1) is 5.56 Å². The smallest absolute Gasteiger partial charge is 0.338 e. The molecule has 7 heteroatoms. The van der Waals surface area contributed by atoms with Crippen LogP contribution in [0.15, 0.2) is 6.07 Å². The summed E-state index contributed by atoms with van der Waals surface area (Å²) in [6.07, 6.45) is 1.48. The molecule has 2 heterocycles. The molecule has 1 aromatic rings. The molecule has 0 unspecified atom stereocenters. The molecule has 0 aliphatic carbocycles. The summed E-state index contributed by atoms with van der Waals surface area (Å²) in [4.78, 5) is 35.0. The molecule has 1 aromatic heterocycles. The van der Waals surface area contributed by atoms with Gasteiger partial charge in [-0.3, -0.25) is 9.59 Å². The Kier molecular flexibility index (Phi) is 3.84. The first-order chi connectivity index (χ1) is 9.01. The first-order valence-corrected chi connectivity index (χ1v) is 6.79. The van der Waals surface area contributed by atoms with Crippen LogP contribution in [0.5, 0.6) is 0 Å². The van der Waals surface area contributed by atoms with Gasteiger partial charge in [0.25, 0.3) is 0 Å². The lowest BCUT2D eigenvalue weighted by Gasteiger charge is -2.10. The summed E-state index contributed by atoms with van der Waals surface area (Å²) in [5.41, 5.74) is 0.0968. The van der Waals surface area contributed by atoms with Crippen molar-refractivity contribution in [1.82, 2.24) is 5.32 Å². The van der Waals surface area contributed by atoms with Gasteiger partial charge >= 0.3 is 5.97 Å². The number of carboxylic acids is 1. The number of thiophene rings is 1. The van der Waals surface area contributed by atoms with Gasteiger partial charge in [0.15, 0.2) is 0 Å². The molecule has 1 aliphatic heterocycles. The first kappa shape index (κ1) is 13.5. The highest BCUT2D eigenvalue weighted by Crippen LogP contribution is 2.29. The minimum absolute atomic E-state index is 0.0968. The molecule has 2 amide bonds. The van der Waals surface area contributed by atoms with E-state index in [0.29, 0.717) is 24.3 Å². The Morgan fingerprint density at radius 2 is 2.32 bits per heavy atom. The number of rotatable bonds is 4. The number of hydrogen-bond donors (Lipinski definition) is 3. The first-order valence-electron chi connectivity index (χ1n) is 5.97. The van der Waals surface area contributed by atoms with Crippen molar-refractivity contribution in [3.63, 3.8) is 0 Å². The summed E-state index contributed by atoms with van der Waals surface area (Å²) < 4.78 is 0. The molecule has 19 heavy (non-hydrogen) atoms. The molecular weight excluding hydrogens is 268 g/mol. The van der Waals surface area contributed by atoms with E-state index in [2.05, 4.69) is 10.6 Å². The standard InChI is InChI=1S/C12H14N2O4S/c1-2-6-5-7(12(17)18)11(19-6)14-10(16)8-3-4-9(15)13-8/h5,8H,2-4H2,1H3,(H,13,15)(H,14,16)(H,17,18)/t8-/m0/s1. The minimum atomic E-state index is -1.07. The fourth-order valence-corrected chi connectivity index (χ4v) is 2.87. The Hall–Kier alpha value is -1.89. The lowest BCUT2D eigenvalue weighted by atomic mass is 10.2. The SMILES string of the molecule is CCc1cc(C(=O)O)c(NC(=O)[C@@H]2CCC(=O)N2)s1. The monoisotopic (exact) mass is 282 g/mol. The van der Waals surface area contributed by atoms with E-state index in [0.717, 1.165) is 4.88 Å². The number of amides is 2. The predicted molar refractivity (Wildman–Crippen MR) is 70.5 cm³/mol. The maximum absolute atomic E-state index is 11.9. The van der Waals surface area contributed by atoms with Crippen molar-refractivity contribution in [1.29, 1.82) is 0 Å². The van der Waals surface area contributed by atoms with Crippen LogP contribution in [-0.2, 0) is 16.0 Å². The number of aryl methyl sites for hydroxylation is 1. The van der Waals surface area contributed by atoms with Gasteiger partial charge in [-0.05, 0) is 18.9 Å². The van der Waals surface area contributed by atoms with Gasteiger partial charge in [-0.1, -0.05) is 6.92 Å². The van der Waals surface area contributed by atoms with E-state index < -0.39 is 12.0 Å². The van der Waals surface area contributed by atoms with Crippen LogP contribution in [0.1, 0.15) is 35.0 Å². The topological polar surface area (TPSA) is 95.5 Å². The zero-order valence-corrected chi connectivity index (χ0v) is 11.2. The van der Waals surface area contributed by atoms with Crippen LogP contribution in [0.25, 0.3) is 0 Å². The average Bonchev–Trinajstić information content (AvgIpc) is 2.95. The molecule has 0 spiro atoms. The molecule has 0 aromatic carbocycles. The van der Waals surface area contributed by atoms with Crippen LogP contribution in [0, 0.1) is 0 Å². The maximum Gasteiger partial charge on any atom is 0.338 e. The summed E-state index contributed by atoms with van der Waals surface area (Å²) in [5.74, 6) is -1.58. The third-order valence-electron chi connectivity index (χ3n) is 2.91. The van der Waals surface area contributed by atoms with Gasteiger partial charge in [-0.15, -0.1) is 11.3 Å². The molecule has 0 bridgehead atoms. The van der Waals surface area contributed by atoms with E-state index in [1.165, 1.54) is 11.3 Å². The lowest BCUT2D eigenvalue weighted by molar-refractivity contribution is -0.122. The molecular formula is C12H14N2O4S. The second kappa shape index (κ2) is 5.40. The van der Waals surface area contributed by atoms with Gasteiger partial charge < -0.3 is 15.7 Å². The molecule has 1 fully saturated rings. The van der Waals surface area contributed by atoms with Crippen LogP contribution >= 0.6 is 11.3 Å². The predicted octanol–water partition coefficient (Wildman–Crippen LogP) is 1.23. The number of nitrogens with one attached hydrogen (secondary N) is 2. The summed E-state index contributed by atoms with van der Waals surface area (Å²) in [5, 5.41) is 14.6. The fourth-order valence-electron chi connectivity index (χ4n) is 1.88. The van der Waals surface area contributed by atoms with Crippen molar-refractivity contribution in [3.05, 3.63) is 16.5 Å². The molecule has 0 radical (unpaired) electrons. The van der Waals surface area contributed by atoms with E-state index in [4.69, 9.17) is 5.11 Å². The summed E-state index contributed by atoms with van der Waals surface area (Å²) in [6, 6.07) is 0.997. The van der Waals surface area contributed by atoms with Crippen molar-refractivity contribution in [2.24, 2.45) is 0 Å². The molecule has 1 aliphatic rings. The van der Waals surface area contributed by atoms with Crippen LogP contribution in [0.4, 0.5) is 5.00 Å². The van der Waals surface area contributed by atoms with E-state index in [9.17, 15) is 14.4 Å². The number of anilines is 1. The Balaban J connectivity index is 2.14. The summed E-state index contributed by atoms with van der Waals surface area (Å²) in [7, 11) is 0. The zero-order valence-electron chi connectivity index (χ0n) is 10.4. The molecule has 6 nitrogen and oxygen atoms in total. The Morgan fingerprint density at radius 1 is 1.58 bits per heavy atom. The van der Waals surface area contributed by atoms with E-state index >= 15 is 0 Å². The third-order valence-corrected chi connectivity index (χ3v) is 4.11. The highest BCUT2D eigenvalue weighted by molar-refractivity contribution is 7.16. The largest absolute Gasteiger partial charge is 0.478 e. The average molecular weight is 282 g/mol. The number of carboxylic acid groups (broad SMARTS) is 1. The Bertz CT molecular complexity index is 538. The number of carbonyl (C=O) groups excluding carboxylic acids is 2. The second-order valence-electron chi connectivity index (χ2n) is 4.26. The molecule has 1 atom stereocenters. The van der Waals surface area contributed by atoms with Gasteiger partial charge in [0.1, 0.15) is 11.0 Å². The van der Waals surface area contributed by atoms with Gasteiger partial charge in [-0.2, -0.15) is 0 Å². The molecule has 1 saturated heterocycles. The van der Waals surface area contributed by atoms with Crippen molar-refractivity contribution in [2.45, 2.75) is 32.2 Å². The number of hydrogen-bond acceptors (Lipinski definition) is 4. The maximum atomic E-state index is 11.9. The lowest BCUT2D eigenvalue weighted by Crippen LogP contribution is -2.37. The molecule has 3 N–H and O–H groups in total. The van der Waals surface area contributed by atoms with Crippen LogP contribution in [0.2, 0.25) is 0 Å². The molecule has 0 saturated carbocycles. The Labute approximate surface area is 113 Å². The van der Waals surface area contributed by atoms with Crippen molar-refractivity contribution < 1.29 is 19.5 Å². The van der Waals surface area contributed by atoms with Crippen LogP contribution in [0.3, 0.4) is 0 Å². The third kappa shape index (κ3) is 2.93. The minimum Gasteiger partial charge on any atom is -0.478 e. The van der Waals surface area contributed by atoms with Crippen molar-refractivity contribution in [3.8, 4) is 0 Å². The van der Waals surface area contributed by atoms with Gasteiger partial charge in [0, 0.05) is 11.3 Å². The zero-order chi connectivity index (χ0) is 14.0. The van der Waals surface area contributed by atoms with E-state index in [1.807, 2.05) is 6.92 Å². The second-order valence-corrected chi connectivity index (χ2v) is 5.40. The highest BCUT2D eigenvalue weighted by atomic mass is 32.1. The van der Waals surface area contributed by atoms with Gasteiger partial charge in [0.2, 0.25) is 11.8 Å². The van der Waals surface area contributed by atoms with Gasteiger partial charge in [-0.25, -0.2) is 4.79 Å². The molecule has 102 valence electrons. The van der Waals surface area contributed by atoms with Crippen molar-refractivity contribution >= 4 is 34.1 Å². The Morgan fingerprint density at radius 3 is 2.84 bits per heavy atom. The summed E-state index contributed by atoms with van der Waals surface area (Å²) in [6.45, 7) is 1.92. The van der Waals surface area contributed by atoms with Crippen molar-refractivity contribution in [2.75, 3.05) is 5.32 Å². The molecule has 2 rings (SSSR count). The van der Waals surface area contributed by atoms with Crippen LogP contribution < -0.4 is 10.6 Å². The van der Waals surface area contributed by atoms with E-state index in [1.54, 1.807) is 6.07 Å². The summed E-state index contributed by atoms with van der Waals surface area (Å²) >= 11 is 1.25. The highest BCUT2D eigenvalue weighted by Gasteiger charge is 2.28. The van der Waals surface area contributed by atoms with E-state index in [-0.39, 0.29) is 17.4 Å². The number of carbonyl (C=O) groups is 3. The quantitative estimate of drug-likeness (QED) is 0.774. The number of aromatic carboxylic acids is 1. The fraction of sp³-hybridized carbons (Fsp3) is 0.417.